The second-order valence-electron chi connectivity index (χ2n) is 17.4. The lowest BCUT2D eigenvalue weighted by molar-refractivity contribution is -0.162. The summed E-state index contributed by atoms with van der Waals surface area (Å²) in [5, 5.41) is 29.8. The highest BCUT2D eigenvalue weighted by Gasteiger charge is 2.34. The van der Waals surface area contributed by atoms with E-state index < -0.39 is 42.7 Å². The molecule has 12 heteroatoms. The first-order chi connectivity index (χ1) is 29.0. The number of aliphatic hydroxyl groups excluding tert-OH is 3. The van der Waals surface area contributed by atoms with Crippen molar-refractivity contribution < 1.29 is 58.2 Å². The summed E-state index contributed by atoms with van der Waals surface area (Å²) in [5.41, 5.74) is 1.22. The topological polar surface area (TPSA) is 175 Å². The standard InChI is InChI=1S/C49H76O12/c1-33(15-11-10-12-16-34(2)43(57-8)29-41-22-19-35(3)44(30-50)61-41)27-37(5)45(54)47(58-9)46(55)38(6)28-36(4)42(53)18-14-13-17-39-20-23-40(24-21-39)59-25-26-60-48(56)49(7,31-51)32-52/h10-12,14-16,18,28,30,33,36-37,39-41,43,46-47,51-52,55H,13,17,19-27,29,31-32H2,1-9H3/b12-10+,15-11+,18-14+,34-16+,38-28+/t33-,36-,37-,39?,40?,41+,43+,46-,47+/m1/s1. The number of aldehydes is 1. The van der Waals surface area contributed by atoms with E-state index in [1.807, 2.05) is 64.2 Å². The minimum absolute atomic E-state index is 0.0693. The minimum Gasteiger partial charge on any atom is -0.487 e. The van der Waals surface area contributed by atoms with E-state index in [1.165, 1.54) is 14.0 Å². The second-order valence-corrected chi connectivity index (χ2v) is 17.4. The van der Waals surface area contributed by atoms with Crippen molar-refractivity contribution >= 4 is 23.8 Å². The molecular weight excluding hydrogens is 781 g/mol. The number of hydrogen-bond acceptors (Lipinski definition) is 12. The Morgan fingerprint density at radius 1 is 0.934 bits per heavy atom. The Morgan fingerprint density at radius 2 is 1.62 bits per heavy atom. The van der Waals surface area contributed by atoms with Crippen LogP contribution >= 0.6 is 0 Å². The third kappa shape index (κ3) is 18.4. The third-order valence-electron chi connectivity index (χ3n) is 12.1. The third-order valence-corrected chi connectivity index (χ3v) is 12.1. The SMILES string of the molecule is CO[C@@H](C[C@@H]1CCC(C)=C(C=O)O1)/C(C)=C/C=C/C=C/[C@@H](C)C[C@@H](C)C(=O)[C@H](OC)[C@H](O)/C(C)=C/[C@@H](C)C(=O)/C=C/CCC1CCC(OCCOC(=O)C(C)(CO)CO)CC1. The Morgan fingerprint density at radius 3 is 2.25 bits per heavy atom. The van der Waals surface area contributed by atoms with E-state index >= 15 is 0 Å². The Kier molecular flexibility index (Phi) is 24.8. The molecule has 0 aromatic rings. The van der Waals surface area contributed by atoms with Crippen LogP contribution in [0.2, 0.25) is 0 Å². The summed E-state index contributed by atoms with van der Waals surface area (Å²) >= 11 is 0. The van der Waals surface area contributed by atoms with Crippen molar-refractivity contribution in [3.05, 3.63) is 71.1 Å². The lowest BCUT2D eigenvalue weighted by atomic mass is 9.84. The van der Waals surface area contributed by atoms with Gasteiger partial charge in [-0.3, -0.25) is 19.2 Å². The molecule has 0 amide bonds. The molecule has 1 saturated carbocycles. The number of allylic oxidation sites excluding steroid dienone is 10. The average molecular weight is 857 g/mol. The number of hydrogen-bond donors (Lipinski definition) is 3. The molecule has 1 heterocycles. The molecule has 7 atom stereocenters. The normalized spacial score (nSPS) is 22.5. The van der Waals surface area contributed by atoms with Gasteiger partial charge in [-0.05, 0) is 120 Å². The van der Waals surface area contributed by atoms with Crippen LogP contribution in [0, 0.1) is 29.1 Å². The first kappa shape index (κ1) is 53.6. The van der Waals surface area contributed by atoms with Gasteiger partial charge in [0.05, 0.1) is 32.0 Å². The number of aliphatic hydroxyl groups is 3. The summed E-state index contributed by atoms with van der Waals surface area (Å²) in [4.78, 5) is 49.7. The molecule has 2 rings (SSSR count). The van der Waals surface area contributed by atoms with Crippen molar-refractivity contribution in [2.24, 2.45) is 29.1 Å². The zero-order chi connectivity index (χ0) is 45.5. The van der Waals surface area contributed by atoms with Crippen LogP contribution < -0.4 is 0 Å². The summed E-state index contributed by atoms with van der Waals surface area (Å²) in [7, 11) is 3.09. The molecule has 12 nitrogen and oxygen atoms in total. The van der Waals surface area contributed by atoms with E-state index in [2.05, 4.69) is 0 Å². The maximum Gasteiger partial charge on any atom is 0.316 e. The fourth-order valence-electron chi connectivity index (χ4n) is 7.69. The average Bonchev–Trinajstić information content (AvgIpc) is 3.25. The van der Waals surface area contributed by atoms with Gasteiger partial charge in [0.25, 0.3) is 0 Å². The molecule has 0 spiro atoms. The number of esters is 1. The summed E-state index contributed by atoms with van der Waals surface area (Å²) in [6.07, 6.45) is 22.0. The predicted octanol–water partition coefficient (Wildman–Crippen LogP) is 7.31. The van der Waals surface area contributed by atoms with Crippen LogP contribution in [-0.4, -0.2) is 110 Å². The molecule has 1 fully saturated rings. The molecule has 0 bridgehead atoms. The van der Waals surface area contributed by atoms with Gasteiger partial charge in [-0.1, -0.05) is 63.3 Å². The summed E-state index contributed by atoms with van der Waals surface area (Å²) in [5.74, 6) is -0.710. The van der Waals surface area contributed by atoms with Crippen molar-refractivity contribution in [2.45, 2.75) is 143 Å². The van der Waals surface area contributed by atoms with Crippen LogP contribution in [0.5, 0.6) is 0 Å². The Balaban J connectivity index is 1.76. The molecule has 3 N–H and O–H groups in total. The van der Waals surface area contributed by atoms with Gasteiger partial charge in [-0.2, -0.15) is 0 Å². The van der Waals surface area contributed by atoms with E-state index in [4.69, 9.17) is 23.7 Å². The maximum atomic E-state index is 13.5. The van der Waals surface area contributed by atoms with Crippen LogP contribution in [0.25, 0.3) is 0 Å². The van der Waals surface area contributed by atoms with E-state index in [1.54, 1.807) is 33.1 Å². The molecular formula is C49H76O12. The van der Waals surface area contributed by atoms with Crippen LogP contribution in [0.4, 0.5) is 0 Å². The van der Waals surface area contributed by atoms with Crippen molar-refractivity contribution in [3.63, 3.8) is 0 Å². The maximum absolute atomic E-state index is 13.5. The van der Waals surface area contributed by atoms with E-state index in [0.29, 0.717) is 30.1 Å². The van der Waals surface area contributed by atoms with Gasteiger partial charge in [0.15, 0.2) is 23.6 Å². The molecule has 1 aliphatic heterocycles. The Labute approximate surface area is 365 Å². The summed E-state index contributed by atoms with van der Waals surface area (Å²) in [6.45, 7) is 12.1. The summed E-state index contributed by atoms with van der Waals surface area (Å²) in [6, 6.07) is 0. The van der Waals surface area contributed by atoms with Crippen molar-refractivity contribution in [3.8, 4) is 0 Å². The zero-order valence-corrected chi connectivity index (χ0v) is 38.3. The van der Waals surface area contributed by atoms with Gasteiger partial charge in [0.1, 0.15) is 30.3 Å². The van der Waals surface area contributed by atoms with Gasteiger partial charge in [-0.25, -0.2) is 0 Å². The highest BCUT2D eigenvalue weighted by atomic mass is 16.6. The number of Topliss-reactive ketones (excluding diaryl/α,β-unsaturated/α-hetero) is 1. The number of carbonyl (C=O) groups is 4. The van der Waals surface area contributed by atoms with Gasteiger partial charge in [0, 0.05) is 32.5 Å². The molecule has 344 valence electrons. The quantitative estimate of drug-likeness (QED) is 0.0179. The number of methoxy groups -OCH3 is 2. The fourth-order valence-corrected chi connectivity index (χ4v) is 7.69. The predicted molar refractivity (Wildman–Crippen MR) is 236 cm³/mol. The van der Waals surface area contributed by atoms with Crippen LogP contribution in [0.1, 0.15) is 113 Å². The van der Waals surface area contributed by atoms with E-state index in [0.717, 1.165) is 68.8 Å². The van der Waals surface area contributed by atoms with Crippen molar-refractivity contribution in [1.82, 2.24) is 0 Å². The number of ketones is 2. The smallest absolute Gasteiger partial charge is 0.316 e. The molecule has 0 aromatic carbocycles. The van der Waals surface area contributed by atoms with Gasteiger partial charge in [0.2, 0.25) is 0 Å². The van der Waals surface area contributed by atoms with Crippen molar-refractivity contribution in [1.29, 1.82) is 0 Å². The number of carbonyl (C=O) groups excluding carboxylic acids is 4. The lowest BCUT2D eigenvalue weighted by Gasteiger charge is -2.28. The highest BCUT2D eigenvalue weighted by Crippen LogP contribution is 2.30. The Hall–Kier alpha value is -3.52. The molecule has 0 saturated heterocycles. The zero-order valence-electron chi connectivity index (χ0n) is 38.3. The molecule has 0 radical (unpaired) electrons. The second kappa shape index (κ2) is 28.2. The van der Waals surface area contributed by atoms with Crippen LogP contribution in [-0.2, 0) is 42.9 Å². The van der Waals surface area contributed by atoms with Crippen LogP contribution in [0.3, 0.4) is 0 Å². The Bertz CT molecular complexity index is 1560. The monoisotopic (exact) mass is 857 g/mol. The van der Waals surface area contributed by atoms with Crippen molar-refractivity contribution in [2.75, 3.05) is 40.6 Å². The molecule has 0 aromatic heterocycles. The highest BCUT2D eigenvalue weighted by molar-refractivity contribution is 5.92. The minimum atomic E-state index is -1.31. The molecule has 61 heavy (non-hydrogen) atoms. The van der Waals surface area contributed by atoms with Crippen LogP contribution in [0.15, 0.2) is 71.1 Å². The fraction of sp³-hybridized carbons (Fsp3) is 0.673. The molecule has 1 aliphatic carbocycles. The number of rotatable bonds is 28. The molecule has 2 aliphatic rings. The van der Waals surface area contributed by atoms with Gasteiger partial charge >= 0.3 is 5.97 Å². The summed E-state index contributed by atoms with van der Waals surface area (Å²) < 4.78 is 28.1. The van der Waals surface area contributed by atoms with Gasteiger partial charge < -0.3 is 39.0 Å². The first-order valence-corrected chi connectivity index (χ1v) is 22.0. The van der Waals surface area contributed by atoms with E-state index in [9.17, 15) is 34.5 Å². The first-order valence-electron chi connectivity index (χ1n) is 22.0. The molecule has 0 unspecified atom stereocenters. The number of ether oxygens (including phenoxy) is 5. The van der Waals surface area contributed by atoms with Gasteiger partial charge in [-0.15, -0.1) is 0 Å². The largest absolute Gasteiger partial charge is 0.487 e. The van der Waals surface area contributed by atoms with E-state index in [-0.39, 0.29) is 54.9 Å². The lowest BCUT2D eigenvalue weighted by Crippen LogP contribution is -2.40.